The van der Waals surface area contributed by atoms with Gasteiger partial charge in [-0.25, -0.2) is 14.4 Å². The quantitative estimate of drug-likeness (QED) is 0.447. The van der Waals surface area contributed by atoms with Gasteiger partial charge in [0.1, 0.15) is 17.1 Å². The van der Waals surface area contributed by atoms with E-state index in [0.717, 1.165) is 19.3 Å². The number of aryl methyl sites for hydroxylation is 1. The maximum Gasteiger partial charge on any atom is 0.411 e. The molecule has 1 aromatic carbocycles. The molecule has 1 atom stereocenters. The molecule has 8 heteroatoms. The number of thiophene rings is 1. The summed E-state index contributed by atoms with van der Waals surface area (Å²) in [5.41, 5.74) is 1.93. The fraction of sp³-hybridized carbons (Fsp3) is 0.348. The molecule has 31 heavy (non-hydrogen) atoms. The molecule has 0 fully saturated rings. The van der Waals surface area contributed by atoms with Gasteiger partial charge in [-0.1, -0.05) is 6.92 Å². The normalized spacial score (nSPS) is 15.4. The molecule has 0 saturated heterocycles. The highest BCUT2D eigenvalue weighted by molar-refractivity contribution is 7.14. The Kier molecular flexibility index (Phi) is 6.08. The number of esters is 1. The fourth-order valence-electron chi connectivity index (χ4n) is 3.73. The van der Waals surface area contributed by atoms with Crippen LogP contribution in [0.25, 0.3) is 11.0 Å². The zero-order valence-corrected chi connectivity index (χ0v) is 18.2. The van der Waals surface area contributed by atoms with Gasteiger partial charge in [0, 0.05) is 33.6 Å². The summed E-state index contributed by atoms with van der Waals surface area (Å²) in [6, 6.07) is 8.15. The minimum absolute atomic E-state index is 0.0510. The van der Waals surface area contributed by atoms with Crippen molar-refractivity contribution in [1.29, 1.82) is 0 Å². The first-order chi connectivity index (χ1) is 14.9. The highest BCUT2D eigenvalue weighted by Crippen LogP contribution is 2.32. The molecular formula is C23H23NO6S. The topological polar surface area (TPSA) is 94.8 Å². The van der Waals surface area contributed by atoms with Crippen LogP contribution in [0.15, 0.2) is 39.5 Å². The summed E-state index contributed by atoms with van der Waals surface area (Å²) in [6.45, 7) is 4.12. The molecule has 0 saturated carbocycles. The van der Waals surface area contributed by atoms with Gasteiger partial charge in [0.05, 0.1) is 6.61 Å². The molecule has 1 N–H and O–H groups in total. The number of nitrogens with one attached hydrogen (secondary N) is 1. The van der Waals surface area contributed by atoms with E-state index in [4.69, 9.17) is 13.9 Å². The van der Waals surface area contributed by atoms with Crippen molar-refractivity contribution >= 4 is 40.1 Å². The molecule has 0 bridgehead atoms. The number of benzene rings is 1. The van der Waals surface area contributed by atoms with E-state index in [1.54, 1.807) is 19.1 Å². The minimum atomic E-state index is -0.595. The van der Waals surface area contributed by atoms with Crippen LogP contribution in [-0.4, -0.2) is 18.7 Å². The van der Waals surface area contributed by atoms with Crippen molar-refractivity contribution in [3.8, 4) is 0 Å². The van der Waals surface area contributed by atoms with Crippen LogP contribution in [0.4, 0.5) is 10.5 Å². The molecule has 0 aliphatic heterocycles. The minimum Gasteiger partial charge on any atom is -0.457 e. The smallest absolute Gasteiger partial charge is 0.411 e. The van der Waals surface area contributed by atoms with E-state index in [1.807, 2.05) is 6.07 Å². The summed E-state index contributed by atoms with van der Waals surface area (Å²) < 4.78 is 15.6. The highest BCUT2D eigenvalue weighted by atomic mass is 32.1. The number of carbonyl (C=O) groups excluding carboxylic acids is 2. The van der Waals surface area contributed by atoms with Gasteiger partial charge >= 0.3 is 17.7 Å². The third kappa shape index (κ3) is 4.80. The molecule has 7 nitrogen and oxygen atoms in total. The number of rotatable bonds is 5. The lowest BCUT2D eigenvalue weighted by Crippen LogP contribution is -2.13. The Morgan fingerprint density at radius 3 is 2.87 bits per heavy atom. The van der Waals surface area contributed by atoms with E-state index >= 15 is 0 Å². The molecule has 1 aliphatic rings. The monoisotopic (exact) mass is 441 g/mol. The molecule has 162 valence electrons. The summed E-state index contributed by atoms with van der Waals surface area (Å²) >= 11 is 1.49. The maximum absolute atomic E-state index is 12.6. The fourth-order valence-corrected chi connectivity index (χ4v) is 4.84. The number of anilines is 1. The van der Waals surface area contributed by atoms with E-state index in [0.29, 0.717) is 27.4 Å². The Hall–Kier alpha value is -3.13. The standard InChI is InChI=1S/C23H23NO6S/c1-3-28-23(27)24-16-5-6-17-15(10-21(25)30-18(17)11-16)12-29-22(26)20-9-14-8-13(2)4-7-19(14)31-20/h5-6,9-11,13H,3-4,7-8,12H2,1-2H3,(H,24,27)/t13-/m0/s1. The molecule has 2 aromatic heterocycles. The van der Waals surface area contributed by atoms with Crippen LogP contribution in [0.3, 0.4) is 0 Å². The van der Waals surface area contributed by atoms with E-state index in [1.165, 1.54) is 33.9 Å². The second-order valence-corrected chi connectivity index (χ2v) is 8.77. The van der Waals surface area contributed by atoms with Gasteiger partial charge in [-0.3, -0.25) is 5.32 Å². The van der Waals surface area contributed by atoms with Crippen molar-refractivity contribution in [2.24, 2.45) is 5.92 Å². The van der Waals surface area contributed by atoms with Gasteiger partial charge in [0.2, 0.25) is 0 Å². The van der Waals surface area contributed by atoms with Crippen molar-refractivity contribution in [1.82, 2.24) is 0 Å². The lowest BCUT2D eigenvalue weighted by Gasteiger charge is -2.16. The molecule has 0 radical (unpaired) electrons. The molecule has 0 unspecified atom stereocenters. The summed E-state index contributed by atoms with van der Waals surface area (Å²) in [6.07, 6.45) is 2.54. The Morgan fingerprint density at radius 1 is 1.23 bits per heavy atom. The van der Waals surface area contributed by atoms with Crippen LogP contribution in [0, 0.1) is 5.92 Å². The van der Waals surface area contributed by atoms with E-state index in [9.17, 15) is 14.4 Å². The first kappa shape index (κ1) is 21.1. The van der Waals surface area contributed by atoms with Crippen molar-refractivity contribution < 1.29 is 23.5 Å². The zero-order valence-electron chi connectivity index (χ0n) is 17.4. The second kappa shape index (κ2) is 8.93. The lowest BCUT2D eigenvalue weighted by atomic mass is 9.90. The van der Waals surface area contributed by atoms with Crippen LogP contribution < -0.4 is 10.9 Å². The Labute approximate surface area is 183 Å². The van der Waals surface area contributed by atoms with Crippen LogP contribution in [-0.2, 0) is 28.9 Å². The lowest BCUT2D eigenvalue weighted by molar-refractivity contribution is 0.0479. The van der Waals surface area contributed by atoms with Gasteiger partial charge in [-0.05, 0) is 55.9 Å². The Bertz CT molecular complexity index is 1190. The van der Waals surface area contributed by atoms with Crippen molar-refractivity contribution in [3.63, 3.8) is 0 Å². The molecule has 4 rings (SSSR count). The van der Waals surface area contributed by atoms with Gasteiger partial charge in [0.15, 0.2) is 0 Å². The largest absolute Gasteiger partial charge is 0.457 e. The Morgan fingerprint density at radius 2 is 2.06 bits per heavy atom. The summed E-state index contributed by atoms with van der Waals surface area (Å²) in [7, 11) is 0. The van der Waals surface area contributed by atoms with Gasteiger partial charge < -0.3 is 13.9 Å². The SMILES string of the molecule is CCOC(=O)Nc1ccc2c(COC(=O)c3cc4c(s3)CC[C@H](C)C4)cc(=O)oc2c1. The third-order valence-corrected chi connectivity index (χ3v) is 6.46. The molecule has 1 amide bonds. The summed E-state index contributed by atoms with van der Waals surface area (Å²) in [5, 5.41) is 3.19. The predicted octanol–water partition coefficient (Wildman–Crippen LogP) is 4.90. The second-order valence-electron chi connectivity index (χ2n) is 7.63. The predicted molar refractivity (Wildman–Crippen MR) is 118 cm³/mol. The molecule has 2 heterocycles. The average molecular weight is 442 g/mol. The number of ether oxygens (including phenoxy) is 2. The number of amides is 1. The van der Waals surface area contributed by atoms with Gasteiger partial charge in [-0.2, -0.15) is 0 Å². The summed E-state index contributed by atoms with van der Waals surface area (Å²) in [4.78, 5) is 38.1. The number of carbonyl (C=O) groups is 2. The number of hydrogen-bond acceptors (Lipinski definition) is 7. The van der Waals surface area contributed by atoms with Gasteiger partial charge in [-0.15, -0.1) is 11.3 Å². The van der Waals surface area contributed by atoms with Crippen molar-refractivity contribution in [2.45, 2.75) is 39.7 Å². The third-order valence-electron chi connectivity index (χ3n) is 5.24. The first-order valence-electron chi connectivity index (χ1n) is 10.2. The maximum atomic E-state index is 12.6. The highest BCUT2D eigenvalue weighted by Gasteiger charge is 2.21. The molecule has 3 aromatic rings. The number of fused-ring (bicyclic) bond motifs is 2. The van der Waals surface area contributed by atoms with E-state index in [2.05, 4.69) is 12.2 Å². The van der Waals surface area contributed by atoms with Crippen LogP contribution in [0.1, 0.15) is 45.9 Å². The van der Waals surface area contributed by atoms with E-state index < -0.39 is 17.7 Å². The first-order valence-corrected chi connectivity index (χ1v) is 11.0. The van der Waals surface area contributed by atoms with Crippen molar-refractivity contribution in [3.05, 3.63) is 61.6 Å². The van der Waals surface area contributed by atoms with Gasteiger partial charge in [0.25, 0.3) is 0 Å². The molecular weight excluding hydrogens is 418 g/mol. The van der Waals surface area contributed by atoms with Crippen LogP contribution >= 0.6 is 11.3 Å². The van der Waals surface area contributed by atoms with E-state index in [-0.39, 0.29) is 18.8 Å². The average Bonchev–Trinajstić information content (AvgIpc) is 3.15. The summed E-state index contributed by atoms with van der Waals surface area (Å²) in [5.74, 6) is 0.234. The van der Waals surface area contributed by atoms with Crippen LogP contribution in [0.5, 0.6) is 0 Å². The molecule has 1 aliphatic carbocycles. The van der Waals surface area contributed by atoms with Crippen molar-refractivity contribution in [2.75, 3.05) is 11.9 Å². The number of hydrogen-bond donors (Lipinski definition) is 1. The van der Waals surface area contributed by atoms with Crippen LogP contribution in [0.2, 0.25) is 0 Å². The zero-order chi connectivity index (χ0) is 22.0. The Balaban J connectivity index is 1.51. The molecule has 0 spiro atoms.